The van der Waals surface area contributed by atoms with Crippen molar-refractivity contribution in [1.29, 1.82) is 0 Å². The maximum atomic E-state index is 12.3. The third kappa shape index (κ3) is 4.10. The SMILES string of the molecule is CC(=O)N1CCc2c(c(-c3cccc4cc(N5CCC(C)(C)C5)ncc34)nn2C2CCOCC2)C1. The Hall–Kier alpha value is -2.93. The lowest BCUT2D eigenvalue weighted by atomic mass is 9.93. The van der Waals surface area contributed by atoms with Crippen LogP contribution in [-0.4, -0.2) is 58.4 Å². The molecular weight excluding hydrogens is 438 g/mol. The third-order valence-electron chi connectivity index (χ3n) is 8.07. The molecule has 184 valence electrons. The Morgan fingerprint density at radius 3 is 2.74 bits per heavy atom. The van der Waals surface area contributed by atoms with Gasteiger partial charge in [0.25, 0.3) is 0 Å². The Kier molecular flexibility index (Phi) is 5.55. The van der Waals surface area contributed by atoms with Crippen molar-refractivity contribution in [2.24, 2.45) is 5.41 Å². The standard InChI is InChI=1S/C28H35N5O2/c1-19(34)31-11-7-25-24(17-31)27(30-33(25)21-8-13-35-14-9-21)22-6-4-5-20-15-26(29-16-23(20)22)32-12-10-28(2,3)18-32/h4-6,15-16,21H,7-14,17-18H2,1-3H3. The third-order valence-corrected chi connectivity index (χ3v) is 8.07. The number of hydrogen-bond acceptors (Lipinski definition) is 5. The zero-order valence-corrected chi connectivity index (χ0v) is 21.1. The largest absolute Gasteiger partial charge is 0.381 e. The maximum absolute atomic E-state index is 12.3. The summed E-state index contributed by atoms with van der Waals surface area (Å²) in [6, 6.07) is 9.04. The molecule has 0 saturated carbocycles. The monoisotopic (exact) mass is 473 g/mol. The van der Waals surface area contributed by atoms with E-state index in [0.29, 0.717) is 18.0 Å². The van der Waals surface area contributed by atoms with Gasteiger partial charge in [-0.15, -0.1) is 0 Å². The highest BCUT2D eigenvalue weighted by Crippen LogP contribution is 2.38. The van der Waals surface area contributed by atoms with Gasteiger partial charge in [-0.2, -0.15) is 5.10 Å². The highest BCUT2D eigenvalue weighted by molar-refractivity contribution is 5.97. The van der Waals surface area contributed by atoms with Gasteiger partial charge in [0, 0.05) is 81.1 Å². The fourth-order valence-corrected chi connectivity index (χ4v) is 6.01. The van der Waals surface area contributed by atoms with Gasteiger partial charge in [-0.05, 0) is 36.1 Å². The molecule has 0 N–H and O–H groups in total. The van der Waals surface area contributed by atoms with Gasteiger partial charge < -0.3 is 14.5 Å². The molecule has 3 aliphatic heterocycles. The van der Waals surface area contributed by atoms with Gasteiger partial charge in [-0.1, -0.05) is 32.0 Å². The summed E-state index contributed by atoms with van der Waals surface area (Å²) in [4.78, 5) is 21.5. The molecular formula is C28H35N5O2. The molecule has 0 spiro atoms. The molecule has 1 amide bonds. The summed E-state index contributed by atoms with van der Waals surface area (Å²) in [5.74, 6) is 1.18. The van der Waals surface area contributed by atoms with Crippen LogP contribution in [0, 0.1) is 5.41 Å². The molecule has 0 atom stereocenters. The van der Waals surface area contributed by atoms with E-state index >= 15 is 0 Å². The highest BCUT2D eigenvalue weighted by atomic mass is 16.5. The zero-order valence-electron chi connectivity index (χ0n) is 21.1. The number of anilines is 1. The summed E-state index contributed by atoms with van der Waals surface area (Å²) in [5.41, 5.74) is 4.91. The minimum Gasteiger partial charge on any atom is -0.381 e. The van der Waals surface area contributed by atoms with Crippen LogP contribution < -0.4 is 4.90 Å². The first-order valence-corrected chi connectivity index (χ1v) is 13.0. The van der Waals surface area contributed by atoms with Crippen LogP contribution in [-0.2, 0) is 22.5 Å². The number of rotatable bonds is 3. The molecule has 3 aromatic rings. The Bertz CT molecular complexity index is 1270. The fourth-order valence-electron chi connectivity index (χ4n) is 6.01. The Morgan fingerprint density at radius 1 is 1.17 bits per heavy atom. The minimum atomic E-state index is 0.123. The zero-order chi connectivity index (χ0) is 24.2. The van der Waals surface area contributed by atoms with E-state index in [-0.39, 0.29) is 5.91 Å². The van der Waals surface area contributed by atoms with Crippen molar-refractivity contribution >= 4 is 22.5 Å². The predicted octanol–water partition coefficient (Wildman–Crippen LogP) is 4.59. The molecule has 0 bridgehead atoms. The van der Waals surface area contributed by atoms with Crippen LogP contribution in [0.1, 0.15) is 57.3 Å². The number of carbonyl (C=O) groups excluding carboxylic acids is 1. The molecule has 6 rings (SSSR count). The van der Waals surface area contributed by atoms with E-state index in [0.717, 1.165) is 74.6 Å². The van der Waals surface area contributed by atoms with Crippen molar-refractivity contribution < 1.29 is 9.53 Å². The second kappa shape index (κ2) is 8.63. The molecule has 3 aliphatic rings. The van der Waals surface area contributed by atoms with Crippen LogP contribution in [0.15, 0.2) is 30.5 Å². The molecule has 35 heavy (non-hydrogen) atoms. The molecule has 0 aliphatic carbocycles. The van der Waals surface area contributed by atoms with Crippen LogP contribution in [0.3, 0.4) is 0 Å². The smallest absolute Gasteiger partial charge is 0.219 e. The van der Waals surface area contributed by atoms with Gasteiger partial charge in [-0.25, -0.2) is 4.98 Å². The number of nitrogens with zero attached hydrogens (tertiary/aromatic N) is 5. The average Bonchev–Trinajstić information content (AvgIpc) is 3.43. The lowest BCUT2D eigenvalue weighted by Crippen LogP contribution is -2.35. The quantitative estimate of drug-likeness (QED) is 0.557. The molecule has 0 radical (unpaired) electrons. The van der Waals surface area contributed by atoms with Crippen LogP contribution in [0.4, 0.5) is 5.82 Å². The first-order valence-electron chi connectivity index (χ1n) is 13.0. The molecule has 2 aromatic heterocycles. The van der Waals surface area contributed by atoms with Gasteiger partial charge in [0.15, 0.2) is 0 Å². The summed E-state index contributed by atoms with van der Waals surface area (Å²) < 4.78 is 7.88. The van der Waals surface area contributed by atoms with E-state index in [2.05, 4.69) is 47.7 Å². The van der Waals surface area contributed by atoms with Crippen LogP contribution in [0.25, 0.3) is 22.0 Å². The Morgan fingerprint density at radius 2 is 2.00 bits per heavy atom. The second-order valence-corrected chi connectivity index (χ2v) is 11.2. The number of aromatic nitrogens is 3. The lowest BCUT2D eigenvalue weighted by Gasteiger charge is -2.29. The van der Waals surface area contributed by atoms with E-state index in [1.165, 1.54) is 23.1 Å². The van der Waals surface area contributed by atoms with Crippen molar-refractivity contribution in [2.75, 3.05) is 37.7 Å². The minimum absolute atomic E-state index is 0.123. The first-order chi connectivity index (χ1) is 16.9. The van der Waals surface area contributed by atoms with Crippen molar-refractivity contribution in [3.8, 4) is 11.3 Å². The topological polar surface area (TPSA) is 63.5 Å². The Balaban J connectivity index is 1.44. The van der Waals surface area contributed by atoms with E-state index in [1.54, 1.807) is 6.92 Å². The first kappa shape index (κ1) is 22.5. The fraction of sp³-hybridized carbons (Fsp3) is 0.536. The molecule has 2 saturated heterocycles. The number of fused-ring (bicyclic) bond motifs is 2. The summed E-state index contributed by atoms with van der Waals surface area (Å²) in [6.07, 6.45) is 6.02. The number of amides is 1. The van der Waals surface area contributed by atoms with Crippen molar-refractivity contribution in [1.82, 2.24) is 19.7 Å². The van der Waals surface area contributed by atoms with Crippen LogP contribution >= 0.6 is 0 Å². The van der Waals surface area contributed by atoms with E-state index in [1.807, 2.05) is 11.1 Å². The molecule has 7 heteroatoms. The average molecular weight is 474 g/mol. The van der Waals surface area contributed by atoms with Gasteiger partial charge in [-0.3, -0.25) is 9.48 Å². The highest BCUT2D eigenvalue weighted by Gasteiger charge is 2.32. The number of hydrogen-bond donors (Lipinski definition) is 0. The molecule has 5 heterocycles. The second-order valence-electron chi connectivity index (χ2n) is 11.2. The summed E-state index contributed by atoms with van der Waals surface area (Å²) in [5, 5.41) is 7.54. The van der Waals surface area contributed by atoms with Crippen LogP contribution in [0.2, 0.25) is 0 Å². The predicted molar refractivity (Wildman–Crippen MR) is 137 cm³/mol. The number of ether oxygens (including phenoxy) is 1. The molecule has 0 unspecified atom stereocenters. The number of carbonyl (C=O) groups is 1. The van der Waals surface area contributed by atoms with Crippen LogP contribution in [0.5, 0.6) is 0 Å². The molecule has 2 fully saturated rings. The van der Waals surface area contributed by atoms with Gasteiger partial charge in [0.05, 0.1) is 11.7 Å². The molecule has 1 aromatic carbocycles. The number of pyridine rings is 1. The number of benzene rings is 1. The van der Waals surface area contributed by atoms with Crippen molar-refractivity contribution in [3.63, 3.8) is 0 Å². The normalized spacial score (nSPS) is 20.4. The van der Waals surface area contributed by atoms with Gasteiger partial charge in [0.2, 0.25) is 5.91 Å². The maximum Gasteiger partial charge on any atom is 0.219 e. The van der Waals surface area contributed by atoms with Gasteiger partial charge >= 0.3 is 0 Å². The van der Waals surface area contributed by atoms with Crippen molar-refractivity contribution in [2.45, 2.75) is 59.0 Å². The summed E-state index contributed by atoms with van der Waals surface area (Å²) in [7, 11) is 0. The Labute approximate surface area is 207 Å². The summed E-state index contributed by atoms with van der Waals surface area (Å²) in [6.45, 7) is 11.3. The molecule has 7 nitrogen and oxygen atoms in total. The van der Waals surface area contributed by atoms with E-state index in [9.17, 15) is 4.79 Å². The van der Waals surface area contributed by atoms with Gasteiger partial charge in [0.1, 0.15) is 5.82 Å². The lowest BCUT2D eigenvalue weighted by molar-refractivity contribution is -0.129. The van der Waals surface area contributed by atoms with E-state index in [4.69, 9.17) is 14.8 Å². The summed E-state index contributed by atoms with van der Waals surface area (Å²) >= 11 is 0. The van der Waals surface area contributed by atoms with E-state index < -0.39 is 0 Å². The van der Waals surface area contributed by atoms with Crippen molar-refractivity contribution in [3.05, 3.63) is 41.7 Å².